The molecule has 2 nitrogen and oxygen atoms in total. The van der Waals surface area contributed by atoms with E-state index < -0.39 is 3.79 Å². The van der Waals surface area contributed by atoms with Gasteiger partial charge in [0, 0.05) is 11.6 Å². The molecule has 0 amide bonds. The van der Waals surface area contributed by atoms with Crippen LogP contribution in [0.2, 0.25) is 5.02 Å². The van der Waals surface area contributed by atoms with Gasteiger partial charge in [-0.25, -0.2) is 9.55 Å². The molecule has 2 rings (SSSR count). The molecule has 1 aromatic heterocycles. The van der Waals surface area contributed by atoms with E-state index in [4.69, 9.17) is 46.4 Å². The molecule has 0 aliphatic heterocycles. The molecule has 0 aliphatic rings. The number of hydrogen-bond donors (Lipinski definition) is 1. The van der Waals surface area contributed by atoms with Crippen LogP contribution >= 0.6 is 46.4 Å². The van der Waals surface area contributed by atoms with E-state index in [0.29, 0.717) is 17.1 Å². The van der Waals surface area contributed by atoms with Gasteiger partial charge < -0.3 is 0 Å². The highest BCUT2D eigenvalue weighted by molar-refractivity contribution is 6.67. The summed E-state index contributed by atoms with van der Waals surface area (Å²) in [6.07, 6.45) is 3.61. The molecule has 17 heavy (non-hydrogen) atoms. The topological polar surface area (TPSA) is 19.7 Å². The Kier molecular flexibility index (Phi) is 3.60. The first-order valence-electron chi connectivity index (χ1n) is 4.81. The quantitative estimate of drug-likeness (QED) is 0.489. The highest BCUT2D eigenvalue weighted by Gasteiger charge is 2.28. The zero-order valence-electron chi connectivity index (χ0n) is 8.68. The SMILES string of the molecule is C=CC[n+]1c[nH]c2cc(Cl)c(C(Cl)(Cl)Cl)cc21. The van der Waals surface area contributed by atoms with Gasteiger partial charge in [-0.3, -0.25) is 0 Å². The van der Waals surface area contributed by atoms with Crippen LogP contribution in [0, 0.1) is 0 Å². The van der Waals surface area contributed by atoms with E-state index in [0.717, 1.165) is 11.0 Å². The van der Waals surface area contributed by atoms with Crippen LogP contribution in [0.4, 0.5) is 0 Å². The summed E-state index contributed by atoms with van der Waals surface area (Å²) in [6, 6.07) is 3.51. The maximum absolute atomic E-state index is 6.07. The Hall–Kier alpha value is -0.410. The lowest BCUT2D eigenvalue weighted by molar-refractivity contribution is -0.660. The van der Waals surface area contributed by atoms with E-state index >= 15 is 0 Å². The van der Waals surface area contributed by atoms with Crippen LogP contribution in [-0.2, 0) is 10.3 Å². The maximum Gasteiger partial charge on any atom is 0.242 e. The number of aromatic nitrogens is 2. The van der Waals surface area contributed by atoms with Gasteiger partial charge in [0.1, 0.15) is 6.54 Å². The van der Waals surface area contributed by atoms with Crippen molar-refractivity contribution in [3.8, 4) is 0 Å². The Morgan fingerprint density at radius 2 is 2.06 bits per heavy atom. The second-order valence-corrected chi connectivity index (χ2v) is 6.25. The summed E-state index contributed by atoms with van der Waals surface area (Å²) in [4.78, 5) is 3.09. The molecular formula is C11H9Cl4N2+. The van der Waals surface area contributed by atoms with Crippen molar-refractivity contribution >= 4 is 57.4 Å². The molecule has 0 unspecified atom stereocenters. The minimum Gasteiger partial charge on any atom is -0.243 e. The molecule has 0 bridgehead atoms. The van der Waals surface area contributed by atoms with Crippen molar-refractivity contribution in [1.82, 2.24) is 4.98 Å². The number of rotatable bonds is 2. The first kappa shape index (κ1) is 13.0. The van der Waals surface area contributed by atoms with Crippen molar-refractivity contribution in [2.24, 2.45) is 0 Å². The van der Waals surface area contributed by atoms with Crippen molar-refractivity contribution in [3.63, 3.8) is 0 Å². The van der Waals surface area contributed by atoms with E-state index in [1.165, 1.54) is 0 Å². The summed E-state index contributed by atoms with van der Waals surface area (Å²) in [5.74, 6) is 0. The first-order valence-corrected chi connectivity index (χ1v) is 6.33. The molecular weight excluding hydrogens is 302 g/mol. The van der Waals surface area contributed by atoms with E-state index in [1.807, 2.05) is 10.9 Å². The molecule has 2 aromatic rings. The molecule has 0 aliphatic carbocycles. The summed E-state index contributed by atoms with van der Waals surface area (Å²) in [5, 5.41) is 0.421. The van der Waals surface area contributed by atoms with Gasteiger partial charge in [0.05, 0.1) is 5.02 Å². The normalized spacial score (nSPS) is 12.0. The van der Waals surface area contributed by atoms with Crippen LogP contribution in [0.5, 0.6) is 0 Å². The van der Waals surface area contributed by atoms with Crippen LogP contribution in [0.15, 0.2) is 31.1 Å². The number of nitrogens with zero attached hydrogens (tertiary/aromatic N) is 1. The fourth-order valence-electron chi connectivity index (χ4n) is 1.64. The molecule has 0 fully saturated rings. The van der Waals surface area contributed by atoms with Gasteiger partial charge in [-0.1, -0.05) is 59.1 Å². The van der Waals surface area contributed by atoms with Crippen LogP contribution in [-0.4, -0.2) is 4.98 Å². The molecule has 90 valence electrons. The van der Waals surface area contributed by atoms with Crippen LogP contribution < -0.4 is 4.57 Å². The van der Waals surface area contributed by atoms with Gasteiger partial charge in [0.2, 0.25) is 10.1 Å². The Balaban J connectivity index is 2.67. The molecule has 1 aromatic carbocycles. The number of H-pyrrole nitrogens is 1. The second kappa shape index (κ2) is 4.69. The van der Waals surface area contributed by atoms with Crippen molar-refractivity contribution < 1.29 is 4.57 Å². The van der Waals surface area contributed by atoms with Gasteiger partial charge in [-0.15, -0.1) is 0 Å². The number of alkyl halides is 3. The van der Waals surface area contributed by atoms with Crippen molar-refractivity contribution in [2.75, 3.05) is 0 Å². The lowest BCUT2D eigenvalue weighted by Gasteiger charge is -2.12. The van der Waals surface area contributed by atoms with E-state index in [9.17, 15) is 0 Å². The predicted molar refractivity (Wildman–Crippen MR) is 72.9 cm³/mol. The van der Waals surface area contributed by atoms with Gasteiger partial charge in [0.15, 0.2) is 11.0 Å². The molecule has 6 heteroatoms. The van der Waals surface area contributed by atoms with Gasteiger partial charge >= 0.3 is 0 Å². The van der Waals surface area contributed by atoms with E-state index in [1.54, 1.807) is 18.2 Å². The summed E-state index contributed by atoms with van der Waals surface area (Å²) >= 11 is 23.7. The number of imidazole rings is 1. The maximum atomic E-state index is 6.07. The van der Waals surface area contributed by atoms with Crippen LogP contribution in [0.1, 0.15) is 5.56 Å². The summed E-state index contributed by atoms with van der Waals surface area (Å²) in [6.45, 7) is 4.36. The molecule has 1 heterocycles. The molecule has 0 saturated carbocycles. The number of fused-ring (bicyclic) bond motifs is 1. The fraction of sp³-hybridized carbons (Fsp3) is 0.182. The molecule has 0 radical (unpaired) electrons. The number of benzene rings is 1. The summed E-state index contributed by atoms with van der Waals surface area (Å²) in [7, 11) is 0. The second-order valence-electron chi connectivity index (χ2n) is 3.56. The third-order valence-electron chi connectivity index (χ3n) is 2.40. The van der Waals surface area contributed by atoms with Gasteiger partial charge in [-0.05, 0) is 6.07 Å². The Morgan fingerprint density at radius 1 is 1.35 bits per heavy atom. The lowest BCUT2D eigenvalue weighted by atomic mass is 10.2. The Labute approximate surface area is 119 Å². The molecule has 1 N–H and O–H groups in total. The number of hydrogen-bond acceptors (Lipinski definition) is 0. The Bertz CT molecular complexity index is 569. The molecule has 0 saturated heterocycles. The van der Waals surface area contributed by atoms with E-state index in [2.05, 4.69) is 11.6 Å². The summed E-state index contributed by atoms with van der Waals surface area (Å²) < 4.78 is 0.424. The predicted octanol–water partition coefficient (Wildman–Crippen LogP) is 4.12. The standard InChI is InChI=1S/C11H8Cl4N2/c1-2-3-17-6-16-9-5-8(12)7(4-10(9)17)11(13,14)15/h2,4-6H,1,3H2/p+1. The van der Waals surface area contributed by atoms with Gasteiger partial charge in [-0.2, -0.15) is 0 Å². The summed E-state index contributed by atoms with van der Waals surface area (Å²) in [5.41, 5.74) is 2.26. The average molecular weight is 311 g/mol. The number of aromatic amines is 1. The third kappa shape index (κ3) is 2.55. The number of halogens is 4. The highest BCUT2D eigenvalue weighted by Crippen LogP contribution is 2.42. The fourth-order valence-corrected chi connectivity index (χ4v) is 2.56. The molecule has 0 atom stereocenters. The monoisotopic (exact) mass is 309 g/mol. The number of allylic oxidation sites excluding steroid dienone is 1. The smallest absolute Gasteiger partial charge is 0.242 e. The van der Waals surface area contributed by atoms with Gasteiger partial charge in [0.25, 0.3) is 0 Å². The van der Waals surface area contributed by atoms with Crippen molar-refractivity contribution in [3.05, 3.63) is 41.7 Å². The van der Waals surface area contributed by atoms with Crippen molar-refractivity contribution in [2.45, 2.75) is 10.3 Å². The van der Waals surface area contributed by atoms with Crippen LogP contribution in [0.25, 0.3) is 11.0 Å². The van der Waals surface area contributed by atoms with E-state index in [-0.39, 0.29) is 0 Å². The lowest BCUT2D eigenvalue weighted by Crippen LogP contribution is -2.30. The van der Waals surface area contributed by atoms with Crippen molar-refractivity contribution in [1.29, 1.82) is 0 Å². The first-order chi connectivity index (χ1) is 7.93. The zero-order valence-corrected chi connectivity index (χ0v) is 11.7. The minimum atomic E-state index is -1.53. The average Bonchev–Trinajstić information content (AvgIpc) is 2.59. The third-order valence-corrected chi connectivity index (χ3v) is 3.33. The zero-order chi connectivity index (χ0) is 12.6. The Morgan fingerprint density at radius 3 is 2.65 bits per heavy atom. The highest BCUT2D eigenvalue weighted by atomic mass is 35.6. The van der Waals surface area contributed by atoms with Crippen LogP contribution in [0.3, 0.4) is 0 Å². The minimum absolute atomic E-state index is 0.421. The molecule has 0 spiro atoms. The number of nitrogens with one attached hydrogen (secondary N) is 1. The largest absolute Gasteiger partial charge is 0.243 e.